The van der Waals surface area contributed by atoms with Crippen LogP contribution in [0.25, 0.3) is 0 Å². The number of nitrogens with zero attached hydrogens (tertiary/aromatic N) is 1. The summed E-state index contributed by atoms with van der Waals surface area (Å²) in [4.78, 5) is 14.6. The molecule has 0 N–H and O–H groups in total. The van der Waals surface area contributed by atoms with Crippen LogP contribution in [-0.4, -0.2) is 43.9 Å². The summed E-state index contributed by atoms with van der Waals surface area (Å²) in [7, 11) is -1.59. The molecule has 1 aliphatic heterocycles. The first-order valence-corrected chi connectivity index (χ1v) is 10.4. The summed E-state index contributed by atoms with van der Waals surface area (Å²) in [6.07, 6.45) is 2.03. The molecule has 1 aromatic carbocycles. The second kappa shape index (κ2) is 7.72. The fourth-order valence-corrected chi connectivity index (χ4v) is 5.09. The van der Waals surface area contributed by atoms with E-state index < -0.39 is 9.84 Å². The molecule has 3 rings (SSSR count). The van der Waals surface area contributed by atoms with Crippen LogP contribution in [0.4, 0.5) is 0 Å². The molecular weight excluding hydrogens is 378 g/mol. The summed E-state index contributed by atoms with van der Waals surface area (Å²) in [5.41, 5.74) is 0.662. The molecule has 26 heavy (non-hydrogen) atoms. The molecule has 1 aliphatic rings. The monoisotopic (exact) mass is 397 g/mol. The van der Waals surface area contributed by atoms with Gasteiger partial charge in [-0.3, -0.25) is 4.79 Å². The van der Waals surface area contributed by atoms with E-state index >= 15 is 0 Å². The lowest BCUT2D eigenvalue weighted by atomic mass is 10.1. The number of carbonyl (C=O) groups is 1. The summed E-state index contributed by atoms with van der Waals surface area (Å²) in [5.74, 6) is 1.07. The van der Waals surface area contributed by atoms with Gasteiger partial charge in [0.15, 0.2) is 9.84 Å². The quantitative estimate of drug-likeness (QED) is 0.749. The van der Waals surface area contributed by atoms with Crippen molar-refractivity contribution in [1.82, 2.24) is 4.90 Å². The number of amides is 1. The van der Waals surface area contributed by atoms with E-state index in [0.29, 0.717) is 28.5 Å². The van der Waals surface area contributed by atoms with Crippen LogP contribution in [0.5, 0.6) is 5.75 Å². The van der Waals surface area contributed by atoms with Crippen molar-refractivity contribution in [3.63, 3.8) is 0 Å². The normalized spacial score (nSPS) is 18.6. The Morgan fingerprint density at radius 3 is 2.81 bits per heavy atom. The Kier molecular flexibility index (Phi) is 5.58. The second-order valence-corrected chi connectivity index (χ2v) is 8.96. The van der Waals surface area contributed by atoms with Gasteiger partial charge in [0.2, 0.25) is 5.91 Å². The predicted molar refractivity (Wildman–Crippen MR) is 98.0 cm³/mol. The highest BCUT2D eigenvalue weighted by atomic mass is 35.5. The fraction of sp³-hybridized carbons (Fsp3) is 0.389. The topological polar surface area (TPSA) is 76.8 Å². The van der Waals surface area contributed by atoms with Gasteiger partial charge in [0, 0.05) is 16.6 Å². The number of hydrogen-bond donors (Lipinski definition) is 0. The van der Waals surface area contributed by atoms with Gasteiger partial charge >= 0.3 is 0 Å². The SMILES string of the molecule is COc1ccc(Cl)cc1CC(=O)N(Cc1ccco1)[C@H]1CCS(=O)(=O)C1. The Labute approximate surface area is 157 Å². The van der Waals surface area contributed by atoms with Crippen LogP contribution >= 0.6 is 11.6 Å². The molecule has 8 heteroatoms. The number of furan rings is 1. The number of benzene rings is 1. The maximum atomic E-state index is 13.0. The molecule has 1 fully saturated rings. The lowest BCUT2D eigenvalue weighted by Gasteiger charge is -2.28. The average molecular weight is 398 g/mol. The minimum atomic E-state index is -3.12. The molecule has 2 heterocycles. The zero-order valence-corrected chi connectivity index (χ0v) is 15.9. The second-order valence-electron chi connectivity index (χ2n) is 6.29. The first-order chi connectivity index (χ1) is 12.4. The van der Waals surface area contributed by atoms with Crippen molar-refractivity contribution < 1.29 is 22.4 Å². The van der Waals surface area contributed by atoms with Crippen LogP contribution in [0.2, 0.25) is 5.02 Å². The maximum Gasteiger partial charge on any atom is 0.227 e. The Morgan fingerprint density at radius 2 is 2.19 bits per heavy atom. The highest BCUT2D eigenvalue weighted by Gasteiger charge is 2.35. The number of halogens is 1. The summed E-state index contributed by atoms with van der Waals surface area (Å²) < 4.78 is 34.4. The van der Waals surface area contributed by atoms with Crippen LogP contribution in [0.1, 0.15) is 17.7 Å². The van der Waals surface area contributed by atoms with Crippen molar-refractivity contribution in [2.75, 3.05) is 18.6 Å². The third kappa shape index (κ3) is 4.40. The van der Waals surface area contributed by atoms with Crippen molar-refractivity contribution in [3.05, 3.63) is 52.9 Å². The van der Waals surface area contributed by atoms with E-state index in [1.807, 2.05) is 0 Å². The van der Waals surface area contributed by atoms with Crippen LogP contribution in [-0.2, 0) is 27.6 Å². The molecule has 1 amide bonds. The standard InChI is InChI=1S/C18H20ClNO5S/c1-24-17-5-4-14(19)9-13(17)10-18(21)20(11-16-3-2-7-25-16)15-6-8-26(22,23)12-15/h2-5,7,9,15H,6,8,10-12H2,1H3/t15-/m0/s1. The Morgan fingerprint density at radius 1 is 1.38 bits per heavy atom. The van der Waals surface area contributed by atoms with E-state index in [2.05, 4.69) is 0 Å². The van der Waals surface area contributed by atoms with E-state index in [1.165, 1.54) is 13.4 Å². The average Bonchev–Trinajstić information content (AvgIpc) is 3.22. The molecule has 140 valence electrons. The smallest absolute Gasteiger partial charge is 0.227 e. The third-order valence-electron chi connectivity index (χ3n) is 4.46. The molecule has 6 nitrogen and oxygen atoms in total. The number of hydrogen-bond acceptors (Lipinski definition) is 5. The zero-order chi connectivity index (χ0) is 18.7. The zero-order valence-electron chi connectivity index (χ0n) is 14.4. The summed E-state index contributed by atoms with van der Waals surface area (Å²) in [5, 5.41) is 0.509. The maximum absolute atomic E-state index is 13.0. The van der Waals surface area contributed by atoms with Gasteiger partial charge in [-0.1, -0.05) is 11.6 Å². The van der Waals surface area contributed by atoms with E-state index in [0.717, 1.165) is 0 Å². The minimum absolute atomic E-state index is 0.0217. The molecule has 2 aromatic rings. The van der Waals surface area contributed by atoms with Crippen molar-refractivity contribution in [2.45, 2.75) is 25.4 Å². The lowest BCUT2D eigenvalue weighted by Crippen LogP contribution is -2.41. The molecule has 0 bridgehead atoms. The summed E-state index contributed by atoms with van der Waals surface area (Å²) >= 11 is 6.04. The molecule has 0 spiro atoms. The minimum Gasteiger partial charge on any atom is -0.496 e. The lowest BCUT2D eigenvalue weighted by molar-refractivity contribution is -0.133. The van der Waals surface area contributed by atoms with Crippen LogP contribution < -0.4 is 4.74 Å². The van der Waals surface area contributed by atoms with Crippen LogP contribution in [0.15, 0.2) is 41.0 Å². The first-order valence-electron chi connectivity index (χ1n) is 8.22. The van der Waals surface area contributed by atoms with E-state index in [1.54, 1.807) is 35.2 Å². The Balaban J connectivity index is 1.84. The van der Waals surface area contributed by atoms with Gasteiger partial charge in [-0.15, -0.1) is 0 Å². The Hall–Kier alpha value is -1.99. The summed E-state index contributed by atoms with van der Waals surface area (Å²) in [6.45, 7) is 0.231. The van der Waals surface area contributed by atoms with Crippen LogP contribution in [0, 0.1) is 0 Å². The molecule has 1 atom stereocenters. The van der Waals surface area contributed by atoms with Gasteiger partial charge < -0.3 is 14.1 Å². The van der Waals surface area contributed by atoms with Crippen molar-refractivity contribution in [2.24, 2.45) is 0 Å². The van der Waals surface area contributed by atoms with Gasteiger partial charge in [0.25, 0.3) is 0 Å². The van der Waals surface area contributed by atoms with Crippen LogP contribution in [0.3, 0.4) is 0 Å². The molecule has 0 saturated carbocycles. The number of methoxy groups -OCH3 is 1. The number of ether oxygens (including phenoxy) is 1. The van der Waals surface area contributed by atoms with E-state index in [-0.39, 0.29) is 36.4 Å². The molecule has 1 aromatic heterocycles. The number of sulfone groups is 1. The van der Waals surface area contributed by atoms with Crippen molar-refractivity contribution in [3.8, 4) is 5.75 Å². The van der Waals surface area contributed by atoms with Gasteiger partial charge in [0.05, 0.1) is 37.8 Å². The largest absolute Gasteiger partial charge is 0.496 e. The predicted octanol–water partition coefficient (Wildman–Crippen LogP) is 2.70. The third-order valence-corrected chi connectivity index (χ3v) is 6.45. The number of rotatable bonds is 6. The van der Waals surface area contributed by atoms with Gasteiger partial charge in [-0.2, -0.15) is 0 Å². The van der Waals surface area contributed by atoms with E-state index in [9.17, 15) is 13.2 Å². The number of carbonyl (C=O) groups excluding carboxylic acids is 1. The highest BCUT2D eigenvalue weighted by Crippen LogP contribution is 2.26. The van der Waals surface area contributed by atoms with Crippen molar-refractivity contribution in [1.29, 1.82) is 0 Å². The molecule has 0 radical (unpaired) electrons. The van der Waals surface area contributed by atoms with Gasteiger partial charge in [0.1, 0.15) is 11.5 Å². The molecule has 0 unspecified atom stereocenters. The van der Waals surface area contributed by atoms with Gasteiger partial charge in [-0.25, -0.2) is 8.42 Å². The molecular formula is C18H20ClNO5S. The highest BCUT2D eigenvalue weighted by molar-refractivity contribution is 7.91. The molecule has 1 saturated heterocycles. The Bertz CT molecular complexity index is 879. The van der Waals surface area contributed by atoms with E-state index in [4.69, 9.17) is 20.8 Å². The summed E-state index contributed by atoms with van der Waals surface area (Å²) in [6, 6.07) is 8.24. The van der Waals surface area contributed by atoms with Crippen molar-refractivity contribution >= 4 is 27.3 Å². The fourth-order valence-electron chi connectivity index (χ4n) is 3.16. The van der Waals surface area contributed by atoms with Gasteiger partial charge in [-0.05, 0) is 36.8 Å². The molecule has 0 aliphatic carbocycles. The first kappa shape index (κ1) is 18.8.